The van der Waals surface area contributed by atoms with Crippen molar-refractivity contribution in [3.63, 3.8) is 0 Å². The van der Waals surface area contributed by atoms with Crippen molar-refractivity contribution in [1.29, 1.82) is 0 Å². The standard InChI is InChI=1S/C19H34N2O4S/c1-26(23,24)21-10-8-19(9-11-21)14-17(7-12-25-19)13-18(22)20-15-16-5-3-2-4-6-16/h16-17H,2-15H2,1H3,(H,20,22). The van der Waals surface area contributed by atoms with Gasteiger partial charge in [-0.3, -0.25) is 4.79 Å². The minimum Gasteiger partial charge on any atom is -0.375 e. The van der Waals surface area contributed by atoms with E-state index in [0.717, 1.165) is 32.2 Å². The topological polar surface area (TPSA) is 75.7 Å². The van der Waals surface area contributed by atoms with Crippen molar-refractivity contribution in [3.05, 3.63) is 0 Å². The number of hydrogen-bond acceptors (Lipinski definition) is 4. The van der Waals surface area contributed by atoms with E-state index in [0.29, 0.717) is 38.0 Å². The zero-order valence-corrected chi connectivity index (χ0v) is 16.9. The minimum atomic E-state index is -3.12. The Balaban J connectivity index is 1.44. The second-order valence-corrected chi connectivity index (χ2v) is 10.5. The van der Waals surface area contributed by atoms with Gasteiger partial charge in [-0.2, -0.15) is 0 Å². The van der Waals surface area contributed by atoms with Crippen LogP contribution in [0.25, 0.3) is 0 Å². The van der Waals surface area contributed by atoms with E-state index in [9.17, 15) is 13.2 Å². The van der Waals surface area contributed by atoms with Gasteiger partial charge >= 0.3 is 0 Å². The summed E-state index contributed by atoms with van der Waals surface area (Å²) >= 11 is 0. The molecule has 0 radical (unpaired) electrons. The SMILES string of the molecule is CS(=O)(=O)N1CCC2(CC1)CC(CC(=O)NCC1CCCCC1)CCO2. The molecule has 2 heterocycles. The van der Waals surface area contributed by atoms with Gasteiger partial charge < -0.3 is 10.1 Å². The molecule has 0 aromatic carbocycles. The number of ether oxygens (including phenoxy) is 1. The molecule has 2 aliphatic heterocycles. The van der Waals surface area contributed by atoms with Gasteiger partial charge in [0.05, 0.1) is 11.9 Å². The number of piperidine rings is 1. The number of carbonyl (C=O) groups excluding carboxylic acids is 1. The van der Waals surface area contributed by atoms with Gasteiger partial charge in [0, 0.05) is 32.7 Å². The highest BCUT2D eigenvalue weighted by Crippen LogP contribution is 2.39. The van der Waals surface area contributed by atoms with E-state index in [1.54, 1.807) is 4.31 Å². The number of carbonyl (C=O) groups is 1. The Morgan fingerprint density at radius 1 is 1.12 bits per heavy atom. The Hall–Kier alpha value is -0.660. The number of nitrogens with zero attached hydrogens (tertiary/aromatic N) is 1. The van der Waals surface area contributed by atoms with E-state index in [1.807, 2.05) is 0 Å². The molecular weight excluding hydrogens is 352 g/mol. The molecule has 1 N–H and O–H groups in total. The van der Waals surface area contributed by atoms with Crippen molar-refractivity contribution in [3.8, 4) is 0 Å². The Morgan fingerprint density at radius 2 is 1.81 bits per heavy atom. The quantitative estimate of drug-likeness (QED) is 0.787. The van der Waals surface area contributed by atoms with Crippen LogP contribution in [0.15, 0.2) is 0 Å². The average Bonchev–Trinajstić information content (AvgIpc) is 2.61. The summed E-state index contributed by atoms with van der Waals surface area (Å²) in [6.07, 6.45) is 11.6. The molecule has 2 saturated heterocycles. The number of hydrogen-bond donors (Lipinski definition) is 1. The largest absolute Gasteiger partial charge is 0.375 e. The molecule has 1 aliphatic carbocycles. The van der Waals surface area contributed by atoms with Crippen molar-refractivity contribution in [2.45, 2.75) is 69.8 Å². The molecule has 0 aromatic heterocycles. The zero-order chi connectivity index (χ0) is 18.6. The smallest absolute Gasteiger partial charge is 0.220 e. The maximum absolute atomic E-state index is 12.4. The fraction of sp³-hybridized carbons (Fsp3) is 0.947. The Bertz CT molecular complexity index is 578. The summed E-state index contributed by atoms with van der Waals surface area (Å²) in [5, 5.41) is 3.15. The van der Waals surface area contributed by atoms with E-state index in [2.05, 4.69) is 5.32 Å². The average molecular weight is 387 g/mol. The lowest BCUT2D eigenvalue weighted by atomic mass is 9.78. The third kappa shape index (κ3) is 5.42. The molecule has 1 amide bonds. The third-order valence-corrected chi connectivity index (χ3v) is 7.79. The van der Waals surface area contributed by atoms with Crippen LogP contribution in [-0.4, -0.2) is 56.7 Å². The Labute approximate surface area is 158 Å². The highest BCUT2D eigenvalue weighted by atomic mass is 32.2. The van der Waals surface area contributed by atoms with Crippen molar-refractivity contribution < 1.29 is 17.9 Å². The lowest BCUT2D eigenvalue weighted by Crippen LogP contribution is -2.50. The number of sulfonamides is 1. The van der Waals surface area contributed by atoms with Crippen LogP contribution in [0.1, 0.15) is 64.2 Å². The van der Waals surface area contributed by atoms with Gasteiger partial charge in [-0.25, -0.2) is 12.7 Å². The molecule has 3 aliphatic rings. The van der Waals surface area contributed by atoms with E-state index in [4.69, 9.17) is 4.74 Å². The van der Waals surface area contributed by atoms with Crippen LogP contribution in [0.5, 0.6) is 0 Å². The molecule has 26 heavy (non-hydrogen) atoms. The minimum absolute atomic E-state index is 0.172. The Morgan fingerprint density at radius 3 is 2.46 bits per heavy atom. The van der Waals surface area contributed by atoms with Crippen LogP contribution in [-0.2, 0) is 19.6 Å². The fourth-order valence-electron chi connectivity index (χ4n) is 4.86. The summed E-state index contributed by atoms with van der Waals surface area (Å²) in [6, 6.07) is 0. The molecule has 150 valence electrons. The third-order valence-electron chi connectivity index (χ3n) is 6.48. The van der Waals surface area contributed by atoms with Gasteiger partial charge in [0.25, 0.3) is 0 Å². The summed E-state index contributed by atoms with van der Waals surface area (Å²) in [6.45, 7) is 2.56. The van der Waals surface area contributed by atoms with E-state index in [1.165, 1.54) is 38.4 Å². The predicted molar refractivity (Wildman–Crippen MR) is 101 cm³/mol. The lowest BCUT2D eigenvalue weighted by molar-refractivity contribution is -0.133. The van der Waals surface area contributed by atoms with Crippen LogP contribution < -0.4 is 5.32 Å². The van der Waals surface area contributed by atoms with Crippen LogP contribution in [0, 0.1) is 11.8 Å². The maximum atomic E-state index is 12.4. The lowest BCUT2D eigenvalue weighted by Gasteiger charge is -2.45. The van der Waals surface area contributed by atoms with Crippen LogP contribution in [0.4, 0.5) is 0 Å². The van der Waals surface area contributed by atoms with Gasteiger partial charge in [0.2, 0.25) is 15.9 Å². The summed E-state index contributed by atoms with van der Waals surface area (Å²) in [5.74, 6) is 1.18. The van der Waals surface area contributed by atoms with Gasteiger partial charge in [0.15, 0.2) is 0 Å². The number of nitrogens with one attached hydrogen (secondary N) is 1. The number of amides is 1. The molecule has 3 rings (SSSR count). The second-order valence-electron chi connectivity index (χ2n) is 8.56. The van der Waals surface area contributed by atoms with Gasteiger partial charge in [-0.05, 0) is 50.4 Å². The summed E-state index contributed by atoms with van der Waals surface area (Å²) < 4.78 is 31.0. The highest BCUT2D eigenvalue weighted by Gasteiger charge is 2.42. The first-order valence-corrected chi connectivity index (χ1v) is 12.1. The molecule has 1 saturated carbocycles. The first-order valence-electron chi connectivity index (χ1n) is 10.2. The fourth-order valence-corrected chi connectivity index (χ4v) is 5.71. The van der Waals surface area contributed by atoms with Crippen molar-refractivity contribution in [2.24, 2.45) is 11.8 Å². The normalized spacial score (nSPS) is 28.1. The Kier molecular flexibility index (Phi) is 6.62. The molecule has 7 heteroatoms. The molecule has 6 nitrogen and oxygen atoms in total. The van der Waals surface area contributed by atoms with Crippen molar-refractivity contribution in [2.75, 3.05) is 32.5 Å². The van der Waals surface area contributed by atoms with E-state index in [-0.39, 0.29) is 11.5 Å². The molecule has 1 spiro atoms. The van der Waals surface area contributed by atoms with Gasteiger partial charge in [-0.15, -0.1) is 0 Å². The number of rotatable bonds is 5. The van der Waals surface area contributed by atoms with E-state index < -0.39 is 10.0 Å². The van der Waals surface area contributed by atoms with Crippen LogP contribution in [0.3, 0.4) is 0 Å². The highest BCUT2D eigenvalue weighted by molar-refractivity contribution is 7.88. The predicted octanol–water partition coefficient (Wildman–Crippen LogP) is 2.29. The van der Waals surface area contributed by atoms with Crippen molar-refractivity contribution in [1.82, 2.24) is 9.62 Å². The first kappa shape index (κ1) is 20.1. The molecule has 0 bridgehead atoms. The molecule has 1 atom stereocenters. The molecule has 0 aromatic rings. The summed E-state index contributed by atoms with van der Waals surface area (Å²) in [5.41, 5.74) is -0.228. The van der Waals surface area contributed by atoms with Crippen LogP contribution in [0.2, 0.25) is 0 Å². The molecule has 1 unspecified atom stereocenters. The van der Waals surface area contributed by atoms with Gasteiger partial charge in [-0.1, -0.05) is 19.3 Å². The van der Waals surface area contributed by atoms with Crippen molar-refractivity contribution >= 4 is 15.9 Å². The molecule has 3 fully saturated rings. The second kappa shape index (κ2) is 8.57. The van der Waals surface area contributed by atoms with E-state index >= 15 is 0 Å². The monoisotopic (exact) mass is 386 g/mol. The zero-order valence-electron chi connectivity index (χ0n) is 16.0. The maximum Gasteiger partial charge on any atom is 0.220 e. The van der Waals surface area contributed by atoms with Gasteiger partial charge in [0.1, 0.15) is 0 Å². The molecular formula is C19H34N2O4S. The summed E-state index contributed by atoms with van der Waals surface area (Å²) in [4.78, 5) is 12.4. The first-order chi connectivity index (χ1) is 12.4. The summed E-state index contributed by atoms with van der Waals surface area (Å²) in [7, 11) is -3.12. The van der Waals surface area contributed by atoms with Crippen LogP contribution >= 0.6 is 0 Å².